The number of rotatable bonds is 5. The molecule has 1 fully saturated rings. The summed E-state index contributed by atoms with van der Waals surface area (Å²) in [7, 11) is 0. The van der Waals surface area contributed by atoms with Crippen molar-refractivity contribution in [2.75, 3.05) is 12.3 Å². The van der Waals surface area contributed by atoms with Crippen LogP contribution in [0.25, 0.3) is 0 Å². The Morgan fingerprint density at radius 3 is 2.83 bits per heavy atom. The molecular formula is C17H19N3O2S. The monoisotopic (exact) mass is 329 g/mol. The summed E-state index contributed by atoms with van der Waals surface area (Å²) in [6, 6.07) is 10.2. The van der Waals surface area contributed by atoms with Gasteiger partial charge in [-0.15, -0.1) is 0 Å². The number of likely N-dealkylation sites (tertiary alicyclic amines) is 1. The van der Waals surface area contributed by atoms with Gasteiger partial charge in [-0.05, 0) is 18.9 Å². The van der Waals surface area contributed by atoms with Crippen molar-refractivity contribution in [3.63, 3.8) is 0 Å². The van der Waals surface area contributed by atoms with Gasteiger partial charge in [0.05, 0.1) is 11.4 Å². The molecule has 2 amide bonds. The van der Waals surface area contributed by atoms with E-state index >= 15 is 0 Å². The Kier molecular flexibility index (Phi) is 4.81. The first-order valence-electron chi connectivity index (χ1n) is 7.69. The molecular weight excluding hydrogens is 310 g/mol. The maximum absolute atomic E-state index is 12.1. The molecule has 2 aromatic rings. The number of aromatic amines is 1. The lowest BCUT2D eigenvalue weighted by atomic mass is 10.1. The molecule has 120 valence electrons. The lowest BCUT2D eigenvalue weighted by molar-refractivity contribution is -0.140. The van der Waals surface area contributed by atoms with Crippen LogP contribution < -0.4 is 0 Å². The van der Waals surface area contributed by atoms with Crippen molar-refractivity contribution in [2.45, 2.75) is 31.3 Å². The lowest BCUT2D eigenvalue weighted by Gasteiger charge is -2.12. The molecule has 1 aromatic carbocycles. The predicted molar refractivity (Wildman–Crippen MR) is 89.3 cm³/mol. The van der Waals surface area contributed by atoms with E-state index in [-0.39, 0.29) is 17.6 Å². The van der Waals surface area contributed by atoms with Gasteiger partial charge >= 0.3 is 0 Å². The normalized spacial score (nSPS) is 14.5. The number of carbonyl (C=O) groups excluding carboxylic acids is 2. The Balaban J connectivity index is 1.60. The zero-order valence-electron chi connectivity index (χ0n) is 13.0. The average Bonchev–Trinajstić information content (AvgIpc) is 3.12. The molecule has 0 radical (unpaired) electrons. The number of aryl methyl sites for hydroxylation is 1. The van der Waals surface area contributed by atoms with E-state index in [1.54, 1.807) is 0 Å². The minimum absolute atomic E-state index is 0.0593. The summed E-state index contributed by atoms with van der Waals surface area (Å²) in [6.45, 7) is 2.54. The number of carbonyl (C=O) groups is 2. The summed E-state index contributed by atoms with van der Waals surface area (Å²) >= 11 is 1.35. The molecule has 0 unspecified atom stereocenters. The Labute approximate surface area is 139 Å². The standard InChI is InChI=1S/C17H19N3O2S/c1-12-14(10-13-6-3-2-4-7-13)19-17(18-12)23-11-16(22)20-9-5-8-15(20)21/h2-4,6-7H,5,8-11H2,1H3,(H,18,19). The second-order valence-corrected chi connectivity index (χ2v) is 6.57. The van der Waals surface area contributed by atoms with Crippen molar-refractivity contribution >= 4 is 23.6 Å². The van der Waals surface area contributed by atoms with E-state index in [0.717, 1.165) is 29.4 Å². The molecule has 23 heavy (non-hydrogen) atoms. The minimum atomic E-state index is -0.129. The van der Waals surface area contributed by atoms with Crippen LogP contribution in [0.5, 0.6) is 0 Å². The van der Waals surface area contributed by atoms with Gasteiger partial charge in [0, 0.05) is 25.1 Å². The molecule has 0 atom stereocenters. The number of amides is 2. The molecule has 1 N–H and O–H groups in total. The largest absolute Gasteiger partial charge is 0.337 e. The first-order valence-corrected chi connectivity index (χ1v) is 8.67. The minimum Gasteiger partial charge on any atom is -0.337 e. The van der Waals surface area contributed by atoms with E-state index in [2.05, 4.69) is 22.1 Å². The molecule has 2 heterocycles. The molecule has 3 rings (SSSR count). The molecule has 6 heteroatoms. The van der Waals surface area contributed by atoms with Gasteiger partial charge in [-0.1, -0.05) is 42.1 Å². The number of hydrogen-bond acceptors (Lipinski definition) is 4. The van der Waals surface area contributed by atoms with E-state index in [1.165, 1.54) is 22.2 Å². The number of thioether (sulfide) groups is 1. The molecule has 0 saturated carbocycles. The first kappa shape index (κ1) is 15.8. The number of nitrogens with one attached hydrogen (secondary N) is 1. The third-order valence-corrected chi connectivity index (χ3v) is 4.74. The number of benzene rings is 1. The topological polar surface area (TPSA) is 66.1 Å². The smallest absolute Gasteiger partial charge is 0.239 e. The van der Waals surface area contributed by atoms with Crippen molar-refractivity contribution in [1.82, 2.24) is 14.9 Å². The second-order valence-electron chi connectivity index (χ2n) is 5.61. The maximum atomic E-state index is 12.1. The highest BCUT2D eigenvalue weighted by molar-refractivity contribution is 7.99. The summed E-state index contributed by atoms with van der Waals surface area (Å²) in [4.78, 5) is 32.8. The van der Waals surface area contributed by atoms with Crippen LogP contribution in [0.1, 0.15) is 29.8 Å². The van der Waals surface area contributed by atoms with Gasteiger partial charge < -0.3 is 4.98 Å². The van der Waals surface area contributed by atoms with Gasteiger partial charge in [0.25, 0.3) is 0 Å². The summed E-state index contributed by atoms with van der Waals surface area (Å²) < 4.78 is 0. The van der Waals surface area contributed by atoms with E-state index in [4.69, 9.17) is 0 Å². The van der Waals surface area contributed by atoms with Gasteiger partial charge in [0.2, 0.25) is 11.8 Å². The molecule has 5 nitrogen and oxygen atoms in total. The van der Waals surface area contributed by atoms with Crippen molar-refractivity contribution in [3.8, 4) is 0 Å². The highest BCUT2D eigenvalue weighted by Crippen LogP contribution is 2.20. The van der Waals surface area contributed by atoms with Crippen LogP contribution in [0.4, 0.5) is 0 Å². The zero-order valence-corrected chi connectivity index (χ0v) is 13.9. The third kappa shape index (κ3) is 3.82. The first-order chi connectivity index (χ1) is 11.1. The molecule has 0 aliphatic carbocycles. The van der Waals surface area contributed by atoms with Gasteiger partial charge in [-0.2, -0.15) is 0 Å². The highest BCUT2D eigenvalue weighted by Gasteiger charge is 2.26. The highest BCUT2D eigenvalue weighted by atomic mass is 32.2. The van der Waals surface area contributed by atoms with Crippen LogP contribution in [0.2, 0.25) is 0 Å². The van der Waals surface area contributed by atoms with E-state index in [9.17, 15) is 9.59 Å². The zero-order chi connectivity index (χ0) is 16.2. The van der Waals surface area contributed by atoms with Crippen LogP contribution >= 0.6 is 11.8 Å². The van der Waals surface area contributed by atoms with Gasteiger partial charge in [-0.3, -0.25) is 14.5 Å². The SMILES string of the molecule is Cc1[nH]c(SCC(=O)N2CCCC2=O)nc1Cc1ccccc1. The Bertz CT molecular complexity index is 712. The fraction of sp³-hybridized carbons (Fsp3) is 0.353. The van der Waals surface area contributed by atoms with Crippen LogP contribution in [0.15, 0.2) is 35.5 Å². The molecule has 0 bridgehead atoms. The third-order valence-electron chi connectivity index (χ3n) is 3.89. The van der Waals surface area contributed by atoms with Crippen LogP contribution in [-0.4, -0.2) is 39.0 Å². The van der Waals surface area contributed by atoms with Crippen LogP contribution in [0, 0.1) is 6.92 Å². The number of hydrogen-bond donors (Lipinski definition) is 1. The lowest BCUT2D eigenvalue weighted by Crippen LogP contribution is -2.33. The van der Waals surface area contributed by atoms with Crippen molar-refractivity contribution in [2.24, 2.45) is 0 Å². The second kappa shape index (κ2) is 7.00. The summed E-state index contributed by atoms with van der Waals surface area (Å²) in [5.74, 6) is 0.0517. The van der Waals surface area contributed by atoms with Crippen molar-refractivity contribution in [3.05, 3.63) is 47.3 Å². The number of imide groups is 1. The maximum Gasteiger partial charge on any atom is 0.239 e. The fourth-order valence-corrected chi connectivity index (χ4v) is 3.43. The number of imidazole rings is 1. The Morgan fingerprint density at radius 2 is 2.13 bits per heavy atom. The average molecular weight is 329 g/mol. The van der Waals surface area contributed by atoms with E-state index in [1.807, 2.05) is 25.1 Å². The van der Waals surface area contributed by atoms with E-state index < -0.39 is 0 Å². The van der Waals surface area contributed by atoms with Gasteiger partial charge in [0.15, 0.2) is 5.16 Å². The Hall–Kier alpha value is -2.08. The molecule has 0 spiro atoms. The number of aromatic nitrogens is 2. The summed E-state index contributed by atoms with van der Waals surface area (Å²) in [6.07, 6.45) is 2.02. The van der Waals surface area contributed by atoms with Crippen molar-refractivity contribution < 1.29 is 9.59 Å². The predicted octanol–water partition coefficient (Wildman–Crippen LogP) is 2.55. The fourth-order valence-electron chi connectivity index (χ4n) is 2.62. The van der Waals surface area contributed by atoms with Crippen molar-refractivity contribution in [1.29, 1.82) is 0 Å². The quantitative estimate of drug-likeness (QED) is 0.856. The molecule has 1 aliphatic rings. The van der Waals surface area contributed by atoms with E-state index in [0.29, 0.717) is 13.0 Å². The number of nitrogens with zero attached hydrogens (tertiary/aromatic N) is 2. The molecule has 1 aliphatic heterocycles. The van der Waals surface area contributed by atoms with Gasteiger partial charge in [0.1, 0.15) is 0 Å². The molecule has 1 aromatic heterocycles. The summed E-state index contributed by atoms with van der Waals surface area (Å²) in [5, 5.41) is 0.730. The summed E-state index contributed by atoms with van der Waals surface area (Å²) in [5.41, 5.74) is 3.21. The van der Waals surface area contributed by atoms with Crippen LogP contribution in [-0.2, 0) is 16.0 Å². The van der Waals surface area contributed by atoms with Crippen LogP contribution in [0.3, 0.4) is 0 Å². The van der Waals surface area contributed by atoms with Gasteiger partial charge in [-0.25, -0.2) is 4.98 Å². The Morgan fingerprint density at radius 1 is 1.35 bits per heavy atom. The molecule has 1 saturated heterocycles. The number of H-pyrrole nitrogens is 1.